The molecule has 0 bridgehead atoms. The first kappa shape index (κ1) is 21.4. The van der Waals surface area contributed by atoms with Crippen LogP contribution in [0, 0.1) is 35.2 Å². The van der Waals surface area contributed by atoms with Gasteiger partial charge in [0.05, 0.1) is 6.67 Å². The highest BCUT2D eigenvalue weighted by Crippen LogP contribution is 2.40. The Labute approximate surface area is 166 Å². The predicted molar refractivity (Wildman–Crippen MR) is 105 cm³/mol. The van der Waals surface area contributed by atoms with Gasteiger partial charge in [-0.1, -0.05) is 25.0 Å². The molecule has 2 saturated carbocycles. The second-order valence-electron chi connectivity index (χ2n) is 8.78. The van der Waals surface area contributed by atoms with E-state index in [0.717, 1.165) is 31.6 Å². The van der Waals surface area contributed by atoms with Crippen molar-refractivity contribution in [2.75, 3.05) is 6.67 Å². The Hall–Kier alpha value is -1.32. The van der Waals surface area contributed by atoms with Gasteiger partial charge in [-0.25, -0.2) is 13.2 Å². The van der Waals surface area contributed by atoms with Gasteiger partial charge in [-0.2, -0.15) is 0 Å². The van der Waals surface area contributed by atoms with Crippen LogP contribution in [-0.2, 0) is 0 Å². The van der Waals surface area contributed by atoms with Gasteiger partial charge in [0.2, 0.25) is 0 Å². The fourth-order valence-corrected chi connectivity index (χ4v) is 5.09. The van der Waals surface area contributed by atoms with Gasteiger partial charge in [0.25, 0.3) is 0 Å². The highest BCUT2D eigenvalue weighted by molar-refractivity contribution is 5.23. The molecule has 0 N–H and O–H groups in total. The number of benzene rings is 1. The number of hydrogen-bond donors (Lipinski definition) is 0. The first-order chi connectivity index (χ1) is 13.6. The summed E-state index contributed by atoms with van der Waals surface area (Å²) in [7, 11) is 0. The van der Waals surface area contributed by atoms with Crippen molar-refractivity contribution in [3.63, 3.8) is 0 Å². The Morgan fingerprint density at radius 1 is 0.786 bits per heavy atom. The minimum Gasteiger partial charge on any atom is -0.251 e. The lowest BCUT2D eigenvalue weighted by atomic mass is 9.74. The monoisotopic (exact) mass is 396 g/mol. The predicted octanol–water partition coefficient (Wildman–Crippen LogP) is 7.88. The molecular formula is C24H32F4. The van der Waals surface area contributed by atoms with Gasteiger partial charge in [-0.15, -0.1) is 0 Å². The molecule has 0 atom stereocenters. The standard InChI is InChI=1S/C24H32F4/c25-14-2-1-3-17-4-6-18(7-5-17)8-9-19-10-12-20(13-11-19)21-15-22(26)24(28)23(27)16-21/h1,3,15-20H,2,4-14H2/b3-1+. The molecule has 2 aliphatic rings. The van der Waals surface area contributed by atoms with Crippen molar-refractivity contribution in [1.29, 1.82) is 0 Å². The molecule has 0 amide bonds. The van der Waals surface area contributed by atoms with Crippen LogP contribution in [0.3, 0.4) is 0 Å². The van der Waals surface area contributed by atoms with Crippen LogP contribution in [0.4, 0.5) is 17.6 Å². The summed E-state index contributed by atoms with van der Waals surface area (Å²) in [6.07, 6.45) is 16.3. The SMILES string of the molecule is FCC/C=C/C1CCC(CCC2CCC(c3cc(F)c(F)c(F)c3)CC2)CC1. The van der Waals surface area contributed by atoms with Gasteiger partial charge >= 0.3 is 0 Å². The molecule has 28 heavy (non-hydrogen) atoms. The minimum absolute atomic E-state index is 0.146. The lowest BCUT2D eigenvalue weighted by Crippen LogP contribution is -2.17. The van der Waals surface area contributed by atoms with Crippen LogP contribution >= 0.6 is 0 Å². The van der Waals surface area contributed by atoms with E-state index in [4.69, 9.17) is 0 Å². The normalized spacial score (nSPS) is 28.7. The number of alkyl halides is 1. The Morgan fingerprint density at radius 2 is 1.32 bits per heavy atom. The van der Waals surface area contributed by atoms with Gasteiger partial charge in [0.1, 0.15) is 0 Å². The molecule has 1 aromatic rings. The molecule has 0 aromatic heterocycles. The molecule has 156 valence electrons. The van der Waals surface area contributed by atoms with Crippen molar-refractivity contribution in [2.24, 2.45) is 17.8 Å². The van der Waals surface area contributed by atoms with Crippen molar-refractivity contribution in [3.05, 3.63) is 47.3 Å². The van der Waals surface area contributed by atoms with Crippen LogP contribution < -0.4 is 0 Å². The smallest absolute Gasteiger partial charge is 0.194 e. The molecular weight excluding hydrogens is 364 g/mol. The number of rotatable bonds is 7. The van der Waals surface area contributed by atoms with Gasteiger partial charge < -0.3 is 0 Å². The second-order valence-corrected chi connectivity index (χ2v) is 8.78. The van der Waals surface area contributed by atoms with E-state index < -0.39 is 17.5 Å². The molecule has 0 heterocycles. The van der Waals surface area contributed by atoms with E-state index >= 15 is 0 Å². The molecule has 2 aliphatic carbocycles. The maximum Gasteiger partial charge on any atom is 0.194 e. The number of hydrogen-bond acceptors (Lipinski definition) is 0. The Balaban J connectivity index is 1.37. The fourth-order valence-electron chi connectivity index (χ4n) is 5.09. The van der Waals surface area contributed by atoms with Gasteiger partial charge in [-0.3, -0.25) is 4.39 Å². The molecule has 0 saturated heterocycles. The zero-order chi connectivity index (χ0) is 19.9. The van der Waals surface area contributed by atoms with Crippen molar-refractivity contribution in [1.82, 2.24) is 0 Å². The van der Waals surface area contributed by atoms with E-state index in [1.807, 2.05) is 6.08 Å². The lowest BCUT2D eigenvalue weighted by molar-refractivity contribution is 0.245. The Kier molecular flexibility index (Phi) is 7.99. The average Bonchev–Trinajstić information content (AvgIpc) is 2.71. The van der Waals surface area contributed by atoms with Crippen LogP contribution in [0.25, 0.3) is 0 Å². The van der Waals surface area contributed by atoms with Gasteiger partial charge in [0.15, 0.2) is 17.5 Å². The molecule has 0 nitrogen and oxygen atoms in total. The first-order valence-electron chi connectivity index (χ1n) is 10.9. The molecule has 0 spiro atoms. The molecule has 1 aromatic carbocycles. The molecule has 3 rings (SSSR count). The summed E-state index contributed by atoms with van der Waals surface area (Å²) in [5.74, 6) is -1.23. The van der Waals surface area contributed by atoms with Crippen LogP contribution in [0.2, 0.25) is 0 Å². The number of halogens is 4. The average molecular weight is 397 g/mol. The highest BCUT2D eigenvalue weighted by atomic mass is 19.2. The summed E-state index contributed by atoms with van der Waals surface area (Å²) < 4.78 is 52.3. The van der Waals surface area contributed by atoms with E-state index in [2.05, 4.69) is 6.08 Å². The quantitative estimate of drug-likeness (QED) is 0.250. The summed E-state index contributed by atoms with van der Waals surface area (Å²) in [5, 5.41) is 0. The largest absolute Gasteiger partial charge is 0.251 e. The Morgan fingerprint density at radius 3 is 1.86 bits per heavy atom. The van der Waals surface area contributed by atoms with E-state index in [0.29, 0.717) is 23.8 Å². The summed E-state index contributed by atoms with van der Waals surface area (Å²) in [5.41, 5.74) is 0.606. The first-order valence-corrected chi connectivity index (χ1v) is 10.9. The maximum absolute atomic E-state index is 13.5. The van der Waals surface area contributed by atoms with Crippen LogP contribution in [0.15, 0.2) is 24.3 Å². The van der Waals surface area contributed by atoms with E-state index in [-0.39, 0.29) is 12.6 Å². The second kappa shape index (κ2) is 10.5. The Bertz CT molecular complexity index is 615. The van der Waals surface area contributed by atoms with Crippen LogP contribution in [0.5, 0.6) is 0 Å². The van der Waals surface area contributed by atoms with Crippen molar-refractivity contribution >= 4 is 0 Å². The van der Waals surface area contributed by atoms with Crippen molar-refractivity contribution < 1.29 is 17.6 Å². The third-order valence-electron chi connectivity index (χ3n) is 6.88. The van der Waals surface area contributed by atoms with E-state index in [9.17, 15) is 17.6 Å². The third kappa shape index (κ3) is 5.84. The van der Waals surface area contributed by atoms with E-state index in [1.54, 1.807) is 0 Å². The zero-order valence-corrected chi connectivity index (χ0v) is 16.6. The van der Waals surface area contributed by atoms with Crippen molar-refractivity contribution in [3.8, 4) is 0 Å². The number of allylic oxidation sites excluding steroid dienone is 2. The zero-order valence-electron chi connectivity index (χ0n) is 16.6. The van der Waals surface area contributed by atoms with Crippen LogP contribution in [-0.4, -0.2) is 6.67 Å². The molecule has 4 heteroatoms. The highest BCUT2D eigenvalue weighted by Gasteiger charge is 2.26. The third-order valence-corrected chi connectivity index (χ3v) is 6.88. The lowest BCUT2D eigenvalue weighted by Gasteiger charge is -2.31. The molecule has 0 unspecified atom stereocenters. The summed E-state index contributed by atoms with van der Waals surface area (Å²) in [6.45, 7) is -0.265. The fraction of sp³-hybridized carbons (Fsp3) is 0.667. The minimum atomic E-state index is -1.37. The van der Waals surface area contributed by atoms with Gasteiger partial charge in [-0.05, 0) is 99.2 Å². The van der Waals surface area contributed by atoms with Crippen molar-refractivity contribution in [2.45, 2.75) is 76.5 Å². The summed E-state index contributed by atoms with van der Waals surface area (Å²) >= 11 is 0. The molecule has 2 fully saturated rings. The van der Waals surface area contributed by atoms with Gasteiger partial charge in [0, 0.05) is 0 Å². The topological polar surface area (TPSA) is 0 Å². The molecule has 0 radical (unpaired) electrons. The summed E-state index contributed by atoms with van der Waals surface area (Å²) in [4.78, 5) is 0. The van der Waals surface area contributed by atoms with E-state index in [1.165, 1.54) is 50.7 Å². The van der Waals surface area contributed by atoms with Crippen LogP contribution in [0.1, 0.15) is 82.1 Å². The molecule has 0 aliphatic heterocycles. The maximum atomic E-state index is 13.5. The summed E-state index contributed by atoms with van der Waals surface area (Å²) in [6, 6.07) is 2.34.